The maximum absolute atomic E-state index is 5.11. The molecule has 0 atom stereocenters. The number of ether oxygens (including phenoxy) is 2. The van der Waals surface area contributed by atoms with Crippen molar-refractivity contribution < 1.29 is 9.47 Å². The fourth-order valence-electron chi connectivity index (χ4n) is 1.63. The first-order valence-corrected chi connectivity index (χ1v) is 5.34. The topological polar surface area (TPSA) is 60.7 Å². The second-order valence-electron chi connectivity index (χ2n) is 3.73. The van der Waals surface area contributed by atoms with E-state index in [1.165, 1.54) is 6.33 Å². The molecular weight excluding hydrogens is 220 g/mol. The van der Waals surface area contributed by atoms with Crippen LogP contribution in [0.3, 0.4) is 0 Å². The standard InChI is InChI=1S/C11H16N4O2/c1-8-4-9(12-6-11(16-2)17-3)15-10(5-8)13-7-14-15/h4-5,7,11-12H,6H2,1-3H3. The number of hydrogen-bond acceptors (Lipinski definition) is 5. The van der Waals surface area contributed by atoms with Crippen LogP contribution in [-0.2, 0) is 9.47 Å². The molecule has 0 unspecified atom stereocenters. The van der Waals surface area contributed by atoms with Crippen LogP contribution in [-0.4, -0.2) is 41.7 Å². The lowest BCUT2D eigenvalue weighted by Gasteiger charge is -2.15. The van der Waals surface area contributed by atoms with Gasteiger partial charge in [0.15, 0.2) is 11.9 Å². The van der Waals surface area contributed by atoms with E-state index in [9.17, 15) is 0 Å². The number of rotatable bonds is 5. The summed E-state index contributed by atoms with van der Waals surface area (Å²) in [7, 11) is 3.22. The number of aryl methyl sites for hydroxylation is 1. The molecule has 0 aliphatic carbocycles. The molecule has 0 aliphatic heterocycles. The highest BCUT2D eigenvalue weighted by atomic mass is 16.7. The molecule has 0 bridgehead atoms. The summed E-state index contributed by atoms with van der Waals surface area (Å²) in [5.74, 6) is 0.872. The van der Waals surface area contributed by atoms with Crippen molar-refractivity contribution in [3.8, 4) is 0 Å². The van der Waals surface area contributed by atoms with Gasteiger partial charge < -0.3 is 14.8 Å². The monoisotopic (exact) mass is 236 g/mol. The third-order valence-electron chi connectivity index (χ3n) is 2.50. The van der Waals surface area contributed by atoms with Gasteiger partial charge in [0.1, 0.15) is 12.1 Å². The van der Waals surface area contributed by atoms with Gasteiger partial charge in [-0.3, -0.25) is 0 Å². The van der Waals surface area contributed by atoms with Crippen LogP contribution in [0.25, 0.3) is 5.65 Å². The van der Waals surface area contributed by atoms with Crippen molar-refractivity contribution in [2.45, 2.75) is 13.2 Å². The molecule has 17 heavy (non-hydrogen) atoms. The summed E-state index contributed by atoms with van der Waals surface area (Å²) >= 11 is 0. The van der Waals surface area contributed by atoms with Gasteiger partial charge in [-0.25, -0.2) is 4.98 Å². The van der Waals surface area contributed by atoms with E-state index in [0.717, 1.165) is 17.0 Å². The minimum Gasteiger partial charge on any atom is -0.365 e. The Balaban J connectivity index is 2.20. The lowest BCUT2D eigenvalue weighted by molar-refractivity contribution is -0.0914. The van der Waals surface area contributed by atoms with Gasteiger partial charge in [0.05, 0.1) is 6.54 Å². The number of nitrogens with one attached hydrogen (secondary N) is 1. The Morgan fingerprint density at radius 3 is 2.82 bits per heavy atom. The highest BCUT2D eigenvalue weighted by molar-refractivity contribution is 5.51. The highest BCUT2D eigenvalue weighted by Crippen LogP contribution is 2.13. The summed E-state index contributed by atoms with van der Waals surface area (Å²) in [6.07, 6.45) is 1.25. The van der Waals surface area contributed by atoms with Crippen molar-refractivity contribution in [3.05, 3.63) is 24.0 Å². The van der Waals surface area contributed by atoms with Gasteiger partial charge in [-0.2, -0.15) is 9.61 Å². The number of nitrogens with zero attached hydrogens (tertiary/aromatic N) is 3. The largest absolute Gasteiger partial charge is 0.365 e. The second-order valence-corrected chi connectivity index (χ2v) is 3.73. The van der Waals surface area contributed by atoms with Crippen LogP contribution in [0.4, 0.5) is 5.82 Å². The van der Waals surface area contributed by atoms with Crippen LogP contribution >= 0.6 is 0 Å². The summed E-state index contributed by atoms with van der Waals surface area (Å²) in [6, 6.07) is 3.98. The summed E-state index contributed by atoms with van der Waals surface area (Å²) in [5, 5.41) is 7.38. The average Bonchev–Trinajstić information content (AvgIpc) is 2.78. The number of hydrogen-bond donors (Lipinski definition) is 1. The van der Waals surface area contributed by atoms with E-state index in [-0.39, 0.29) is 6.29 Å². The Bertz CT molecular complexity index is 493. The number of pyridine rings is 1. The molecule has 6 nitrogen and oxygen atoms in total. The summed E-state index contributed by atoms with van der Waals surface area (Å²) in [6.45, 7) is 2.56. The van der Waals surface area contributed by atoms with E-state index in [1.807, 2.05) is 19.1 Å². The molecule has 2 rings (SSSR count). The molecule has 2 heterocycles. The molecule has 0 radical (unpaired) electrons. The number of methoxy groups -OCH3 is 2. The molecule has 0 aromatic carbocycles. The Kier molecular flexibility index (Phi) is 3.55. The molecule has 0 fully saturated rings. The molecule has 6 heteroatoms. The Labute approximate surface area is 99.6 Å². The van der Waals surface area contributed by atoms with Crippen LogP contribution in [0.2, 0.25) is 0 Å². The first-order chi connectivity index (χ1) is 8.24. The van der Waals surface area contributed by atoms with Gasteiger partial charge in [0.25, 0.3) is 0 Å². The molecule has 2 aromatic rings. The quantitative estimate of drug-likeness (QED) is 0.787. The van der Waals surface area contributed by atoms with Crippen LogP contribution in [0, 0.1) is 6.92 Å². The lowest BCUT2D eigenvalue weighted by Crippen LogP contribution is -2.24. The fourth-order valence-corrected chi connectivity index (χ4v) is 1.63. The van der Waals surface area contributed by atoms with E-state index >= 15 is 0 Å². The third kappa shape index (κ3) is 2.54. The lowest BCUT2D eigenvalue weighted by atomic mass is 10.3. The molecule has 0 saturated heterocycles. The van der Waals surface area contributed by atoms with E-state index in [1.54, 1.807) is 18.7 Å². The molecule has 1 N–H and O–H groups in total. The Morgan fingerprint density at radius 1 is 1.35 bits per heavy atom. The van der Waals surface area contributed by atoms with Crippen molar-refractivity contribution in [1.29, 1.82) is 0 Å². The molecule has 0 aliphatic rings. The van der Waals surface area contributed by atoms with Gasteiger partial charge in [-0.15, -0.1) is 0 Å². The zero-order valence-electron chi connectivity index (χ0n) is 10.2. The molecule has 2 aromatic heterocycles. The van der Waals surface area contributed by atoms with Gasteiger partial charge in [0, 0.05) is 14.2 Å². The SMILES string of the molecule is COC(CNc1cc(C)cc2ncnn12)OC. The molecule has 0 spiro atoms. The smallest absolute Gasteiger partial charge is 0.173 e. The van der Waals surface area contributed by atoms with Crippen LogP contribution in [0.1, 0.15) is 5.56 Å². The maximum Gasteiger partial charge on any atom is 0.173 e. The van der Waals surface area contributed by atoms with Crippen molar-refractivity contribution in [2.24, 2.45) is 0 Å². The Hall–Kier alpha value is -1.66. The van der Waals surface area contributed by atoms with E-state index < -0.39 is 0 Å². The second kappa shape index (κ2) is 5.11. The van der Waals surface area contributed by atoms with Gasteiger partial charge in [-0.05, 0) is 24.6 Å². The van der Waals surface area contributed by atoms with Crippen molar-refractivity contribution >= 4 is 11.5 Å². The van der Waals surface area contributed by atoms with Crippen molar-refractivity contribution in [2.75, 3.05) is 26.1 Å². The summed E-state index contributed by atoms with van der Waals surface area (Å²) < 4.78 is 12.0. The van der Waals surface area contributed by atoms with E-state index in [0.29, 0.717) is 6.54 Å². The van der Waals surface area contributed by atoms with Gasteiger partial charge >= 0.3 is 0 Å². The van der Waals surface area contributed by atoms with Crippen molar-refractivity contribution in [1.82, 2.24) is 14.6 Å². The van der Waals surface area contributed by atoms with E-state index in [2.05, 4.69) is 15.4 Å². The predicted molar refractivity (Wildman–Crippen MR) is 64.0 cm³/mol. The average molecular weight is 236 g/mol. The molecule has 0 amide bonds. The van der Waals surface area contributed by atoms with Crippen LogP contribution < -0.4 is 5.32 Å². The minimum atomic E-state index is -0.283. The van der Waals surface area contributed by atoms with Crippen LogP contribution in [0.5, 0.6) is 0 Å². The maximum atomic E-state index is 5.11. The molecular formula is C11H16N4O2. The van der Waals surface area contributed by atoms with Gasteiger partial charge in [0.2, 0.25) is 0 Å². The zero-order valence-corrected chi connectivity index (χ0v) is 10.2. The van der Waals surface area contributed by atoms with Crippen LogP contribution in [0.15, 0.2) is 18.5 Å². The number of anilines is 1. The van der Waals surface area contributed by atoms with E-state index in [4.69, 9.17) is 9.47 Å². The van der Waals surface area contributed by atoms with Crippen molar-refractivity contribution in [3.63, 3.8) is 0 Å². The summed E-state index contributed by atoms with van der Waals surface area (Å²) in [5.41, 5.74) is 1.94. The number of aromatic nitrogens is 3. The Morgan fingerprint density at radius 2 is 2.12 bits per heavy atom. The third-order valence-corrected chi connectivity index (χ3v) is 2.50. The van der Waals surface area contributed by atoms with Gasteiger partial charge in [-0.1, -0.05) is 0 Å². The molecule has 0 saturated carbocycles. The first kappa shape index (κ1) is 11.8. The fraction of sp³-hybridized carbons (Fsp3) is 0.455. The molecule has 92 valence electrons. The highest BCUT2D eigenvalue weighted by Gasteiger charge is 2.07. The summed E-state index contributed by atoms with van der Waals surface area (Å²) in [4.78, 5) is 4.16. The zero-order chi connectivity index (χ0) is 12.3. The predicted octanol–water partition coefficient (Wildman–Crippen LogP) is 1.07. The normalized spacial score (nSPS) is 11.3. The number of fused-ring (bicyclic) bond motifs is 1. The minimum absolute atomic E-state index is 0.283. The first-order valence-electron chi connectivity index (χ1n) is 5.34.